The predicted molar refractivity (Wildman–Crippen MR) is 59.8 cm³/mol. The van der Waals surface area contributed by atoms with E-state index < -0.39 is 11.6 Å². The highest BCUT2D eigenvalue weighted by atomic mass is 19.4. The minimum absolute atomic E-state index is 0.0485. The van der Waals surface area contributed by atoms with E-state index in [1.54, 1.807) is 24.3 Å². The van der Waals surface area contributed by atoms with E-state index in [9.17, 15) is 13.2 Å². The third kappa shape index (κ3) is 2.30. The molecule has 17 heavy (non-hydrogen) atoms. The van der Waals surface area contributed by atoms with Crippen molar-refractivity contribution in [3.05, 3.63) is 36.1 Å². The average molecular weight is 242 g/mol. The number of benzene rings is 1. The van der Waals surface area contributed by atoms with Crippen molar-refractivity contribution in [3.63, 3.8) is 0 Å². The van der Waals surface area contributed by atoms with Crippen LogP contribution in [0.2, 0.25) is 0 Å². The van der Waals surface area contributed by atoms with Gasteiger partial charge in [-0.15, -0.1) is 0 Å². The molecule has 0 bridgehead atoms. The number of alkyl halides is 3. The van der Waals surface area contributed by atoms with Crippen molar-refractivity contribution >= 4 is 11.0 Å². The summed E-state index contributed by atoms with van der Waals surface area (Å²) in [5.41, 5.74) is -0.469. The molecule has 1 aromatic heterocycles. The summed E-state index contributed by atoms with van der Waals surface area (Å²) in [5, 5.41) is 0.901. The quantitative estimate of drug-likeness (QED) is 0.752. The fourth-order valence-corrected chi connectivity index (χ4v) is 1.72. The normalized spacial score (nSPS) is 13.2. The highest BCUT2D eigenvalue weighted by Gasteiger charge is 2.46. The zero-order valence-electron chi connectivity index (χ0n) is 9.64. The third-order valence-electron chi connectivity index (χ3n) is 2.93. The first-order valence-corrected chi connectivity index (χ1v) is 5.32. The zero-order valence-corrected chi connectivity index (χ0v) is 9.64. The lowest BCUT2D eigenvalue weighted by Crippen LogP contribution is -2.34. The van der Waals surface area contributed by atoms with Crippen LogP contribution in [-0.4, -0.2) is 6.18 Å². The molecular formula is C13H13F3O. The summed E-state index contributed by atoms with van der Waals surface area (Å²) in [6.07, 6.45) is -2.72. The average Bonchev–Trinajstić information content (AvgIpc) is 2.62. The molecule has 1 heterocycles. The van der Waals surface area contributed by atoms with E-state index in [4.69, 9.17) is 4.42 Å². The molecule has 0 amide bonds. The van der Waals surface area contributed by atoms with Crippen molar-refractivity contribution in [2.75, 3.05) is 0 Å². The lowest BCUT2D eigenvalue weighted by atomic mass is 9.85. The molecule has 2 rings (SSSR count). The highest BCUT2D eigenvalue weighted by Crippen LogP contribution is 2.40. The topological polar surface area (TPSA) is 13.1 Å². The molecule has 0 aliphatic rings. The van der Waals surface area contributed by atoms with Crippen LogP contribution in [0.15, 0.2) is 34.9 Å². The maximum absolute atomic E-state index is 12.7. The Kier molecular flexibility index (Phi) is 2.68. The lowest BCUT2D eigenvalue weighted by molar-refractivity contribution is -0.211. The molecule has 0 aliphatic carbocycles. The number of furan rings is 1. The minimum Gasteiger partial charge on any atom is -0.464 e. The van der Waals surface area contributed by atoms with Gasteiger partial charge in [0, 0.05) is 5.39 Å². The summed E-state index contributed by atoms with van der Waals surface area (Å²) in [7, 11) is 0. The van der Waals surface area contributed by atoms with Gasteiger partial charge in [-0.05, 0) is 24.1 Å². The van der Waals surface area contributed by atoms with Crippen LogP contribution in [0.5, 0.6) is 0 Å². The number of rotatable bonds is 2. The van der Waals surface area contributed by atoms with E-state index in [-0.39, 0.29) is 6.42 Å². The van der Waals surface area contributed by atoms with Crippen molar-refractivity contribution in [1.29, 1.82) is 0 Å². The van der Waals surface area contributed by atoms with E-state index in [1.165, 1.54) is 20.1 Å². The molecule has 0 fully saturated rings. The molecule has 4 heteroatoms. The molecule has 1 nitrogen and oxygen atoms in total. The van der Waals surface area contributed by atoms with E-state index in [1.807, 2.05) is 0 Å². The van der Waals surface area contributed by atoms with Gasteiger partial charge in [0.15, 0.2) is 0 Å². The molecule has 0 atom stereocenters. The van der Waals surface area contributed by atoms with E-state index >= 15 is 0 Å². The maximum Gasteiger partial charge on any atom is 0.394 e. The van der Waals surface area contributed by atoms with E-state index in [0.717, 1.165) is 5.39 Å². The van der Waals surface area contributed by atoms with Crippen molar-refractivity contribution < 1.29 is 17.6 Å². The number of hydrogen-bond acceptors (Lipinski definition) is 1. The van der Waals surface area contributed by atoms with Crippen LogP contribution in [0.4, 0.5) is 13.2 Å². The smallest absolute Gasteiger partial charge is 0.394 e. The second-order valence-electron chi connectivity index (χ2n) is 4.85. The van der Waals surface area contributed by atoms with Crippen LogP contribution in [0.3, 0.4) is 0 Å². The zero-order chi connectivity index (χ0) is 12.7. The standard InChI is InChI=1S/C13H13F3O/c1-12(2,13(14,15)16)8-9-3-4-10-5-6-17-11(10)7-9/h3-7H,8H2,1-2H3. The van der Waals surface area contributed by atoms with Crippen LogP contribution in [0, 0.1) is 5.41 Å². The summed E-state index contributed by atoms with van der Waals surface area (Å²) in [6.45, 7) is 2.42. The fourth-order valence-electron chi connectivity index (χ4n) is 1.72. The van der Waals surface area contributed by atoms with Gasteiger partial charge in [-0.2, -0.15) is 13.2 Å². The van der Waals surface area contributed by atoms with Crippen molar-refractivity contribution in [1.82, 2.24) is 0 Å². The summed E-state index contributed by atoms with van der Waals surface area (Å²) in [5.74, 6) is 0. The molecular weight excluding hydrogens is 229 g/mol. The monoisotopic (exact) mass is 242 g/mol. The van der Waals surface area contributed by atoms with Crippen LogP contribution in [0.1, 0.15) is 19.4 Å². The van der Waals surface area contributed by atoms with Crippen LogP contribution in [0.25, 0.3) is 11.0 Å². The Labute approximate surface area is 97.2 Å². The van der Waals surface area contributed by atoms with Gasteiger partial charge in [-0.1, -0.05) is 26.0 Å². The second-order valence-corrected chi connectivity index (χ2v) is 4.85. The summed E-state index contributed by atoms with van der Waals surface area (Å²) >= 11 is 0. The Balaban J connectivity index is 2.29. The van der Waals surface area contributed by atoms with Crippen LogP contribution >= 0.6 is 0 Å². The molecule has 0 unspecified atom stereocenters. The summed E-state index contributed by atoms with van der Waals surface area (Å²) in [6, 6.07) is 6.95. The Hall–Kier alpha value is -1.45. The molecule has 0 saturated heterocycles. The Morgan fingerprint density at radius 2 is 1.82 bits per heavy atom. The minimum atomic E-state index is -4.20. The van der Waals surface area contributed by atoms with Gasteiger partial charge in [0.2, 0.25) is 0 Å². The van der Waals surface area contributed by atoms with Crippen molar-refractivity contribution in [2.45, 2.75) is 26.4 Å². The van der Waals surface area contributed by atoms with Gasteiger partial charge in [-0.3, -0.25) is 0 Å². The number of halogens is 3. The molecule has 92 valence electrons. The summed E-state index contributed by atoms with van der Waals surface area (Å²) in [4.78, 5) is 0. The van der Waals surface area contributed by atoms with Gasteiger partial charge < -0.3 is 4.42 Å². The van der Waals surface area contributed by atoms with Gasteiger partial charge >= 0.3 is 6.18 Å². The number of fused-ring (bicyclic) bond motifs is 1. The SMILES string of the molecule is CC(C)(Cc1ccc2ccoc2c1)C(F)(F)F. The first-order chi connectivity index (χ1) is 7.79. The molecule has 2 aromatic rings. The van der Waals surface area contributed by atoms with Gasteiger partial charge in [-0.25, -0.2) is 0 Å². The molecule has 1 aromatic carbocycles. The van der Waals surface area contributed by atoms with Crippen LogP contribution < -0.4 is 0 Å². The van der Waals surface area contributed by atoms with Crippen molar-refractivity contribution in [3.8, 4) is 0 Å². The Morgan fingerprint density at radius 1 is 1.12 bits per heavy atom. The second kappa shape index (κ2) is 3.79. The fraction of sp³-hybridized carbons (Fsp3) is 0.385. The van der Waals surface area contributed by atoms with E-state index in [0.29, 0.717) is 11.1 Å². The largest absolute Gasteiger partial charge is 0.464 e. The Morgan fingerprint density at radius 3 is 2.47 bits per heavy atom. The molecule has 0 saturated carbocycles. The molecule has 0 N–H and O–H groups in total. The first kappa shape index (κ1) is 12.0. The first-order valence-electron chi connectivity index (χ1n) is 5.32. The summed E-state index contributed by atoms with van der Waals surface area (Å²) < 4.78 is 43.4. The van der Waals surface area contributed by atoms with Gasteiger partial charge in [0.25, 0.3) is 0 Å². The third-order valence-corrected chi connectivity index (χ3v) is 2.93. The van der Waals surface area contributed by atoms with Crippen molar-refractivity contribution in [2.24, 2.45) is 5.41 Å². The Bertz CT molecular complexity index is 523. The highest BCUT2D eigenvalue weighted by molar-refractivity contribution is 5.77. The maximum atomic E-state index is 12.7. The molecule has 0 spiro atoms. The van der Waals surface area contributed by atoms with Crippen LogP contribution in [-0.2, 0) is 6.42 Å². The molecule has 0 radical (unpaired) electrons. The molecule has 0 aliphatic heterocycles. The van der Waals surface area contributed by atoms with E-state index in [2.05, 4.69) is 0 Å². The van der Waals surface area contributed by atoms with Gasteiger partial charge in [0.1, 0.15) is 5.58 Å². The number of hydrogen-bond donors (Lipinski definition) is 0. The lowest BCUT2D eigenvalue weighted by Gasteiger charge is -2.27. The predicted octanol–water partition coefficient (Wildman–Crippen LogP) is 4.56. The van der Waals surface area contributed by atoms with Gasteiger partial charge in [0.05, 0.1) is 11.7 Å².